The summed E-state index contributed by atoms with van der Waals surface area (Å²) in [6.45, 7) is 1.32. The molecule has 0 spiro atoms. The highest BCUT2D eigenvalue weighted by atomic mass is 35.5. The molecule has 4 heteroatoms. The molecular formula is C15H20ClFN2. The summed E-state index contributed by atoms with van der Waals surface area (Å²) in [4.78, 5) is 0. The molecular weight excluding hydrogens is 263 g/mol. The fraction of sp³-hybridized carbons (Fsp3) is 0.467. The van der Waals surface area contributed by atoms with Crippen LogP contribution in [0.2, 0.25) is 5.02 Å². The lowest BCUT2D eigenvalue weighted by molar-refractivity contribution is 0.536. The second-order valence-corrected chi connectivity index (χ2v) is 5.33. The van der Waals surface area contributed by atoms with Crippen LogP contribution >= 0.6 is 11.6 Å². The topological polar surface area (TPSA) is 38.0 Å². The summed E-state index contributed by atoms with van der Waals surface area (Å²) in [7, 11) is 0. The summed E-state index contributed by atoms with van der Waals surface area (Å²) >= 11 is 5.68. The third-order valence-corrected chi connectivity index (χ3v) is 3.86. The Morgan fingerprint density at radius 2 is 2.26 bits per heavy atom. The van der Waals surface area contributed by atoms with Crippen LogP contribution < -0.4 is 11.1 Å². The van der Waals surface area contributed by atoms with Gasteiger partial charge in [0.25, 0.3) is 0 Å². The first-order valence-electron chi connectivity index (χ1n) is 6.77. The van der Waals surface area contributed by atoms with Crippen LogP contribution in [0.5, 0.6) is 0 Å². The van der Waals surface area contributed by atoms with Crippen molar-refractivity contribution in [1.82, 2.24) is 5.32 Å². The lowest BCUT2D eigenvalue weighted by Crippen LogP contribution is -2.29. The first-order valence-corrected chi connectivity index (χ1v) is 7.15. The van der Waals surface area contributed by atoms with Crippen LogP contribution in [-0.2, 0) is 0 Å². The largest absolute Gasteiger partial charge is 0.329 e. The minimum Gasteiger partial charge on any atom is -0.329 e. The minimum atomic E-state index is -0.391. The van der Waals surface area contributed by atoms with E-state index in [1.54, 1.807) is 6.07 Å². The predicted molar refractivity (Wildman–Crippen MR) is 77.8 cm³/mol. The van der Waals surface area contributed by atoms with Crippen LogP contribution in [0.25, 0.3) is 0 Å². The molecule has 2 rings (SSSR count). The quantitative estimate of drug-likeness (QED) is 0.783. The molecule has 0 radical (unpaired) electrons. The number of benzene rings is 1. The van der Waals surface area contributed by atoms with E-state index in [1.165, 1.54) is 30.9 Å². The average molecular weight is 283 g/mol. The molecule has 1 aromatic carbocycles. The molecule has 1 atom stereocenters. The minimum absolute atomic E-state index is 0.0197. The molecule has 0 aliphatic heterocycles. The highest BCUT2D eigenvalue weighted by Gasteiger charge is 2.12. The van der Waals surface area contributed by atoms with Gasteiger partial charge in [0, 0.05) is 12.6 Å². The van der Waals surface area contributed by atoms with Gasteiger partial charge in [-0.3, -0.25) is 0 Å². The van der Waals surface area contributed by atoms with Gasteiger partial charge in [-0.2, -0.15) is 0 Å². The summed E-state index contributed by atoms with van der Waals surface area (Å²) in [6, 6.07) is 4.84. The molecule has 2 nitrogen and oxygen atoms in total. The zero-order valence-corrected chi connectivity index (χ0v) is 11.7. The Morgan fingerprint density at radius 1 is 1.42 bits per heavy atom. The summed E-state index contributed by atoms with van der Waals surface area (Å²) < 4.78 is 13.4. The van der Waals surface area contributed by atoms with Crippen molar-refractivity contribution in [2.24, 2.45) is 5.73 Å². The van der Waals surface area contributed by atoms with Crippen molar-refractivity contribution in [3.63, 3.8) is 0 Å². The van der Waals surface area contributed by atoms with Crippen LogP contribution in [-0.4, -0.2) is 13.1 Å². The zero-order chi connectivity index (χ0) is 13.7. The van der Waals surface area contributed by atoms with E-state index in [4.69, 9.17) is 17.3 Å². The summed E-state index contributed by atoms with van der Waals surface area (Å²) in [5, 5.41) is 3.53. The van der Waals surface area contributed by atoms with Gasteiger partial charge < -0.3 is 11.1 Å². The Morgan fingerprint density at radius 3 is 2.89 bits per heavy atom. The first-order chi connectivity index (χ1) is 9.20. The Bertz CT molecular complexity index is 459. The van der Waals surface area contributed by atoms with E-state index in [-0.39, 0.29) is 11.1 Å². The molecule has 1 aliphatic rings. The molecule has 0 amide bonds. The van der Waals surface area contributed by atoms with E-state index in [0.29, 0.717) is 6.54 Å². The average Bonchev–Trinajstić information content (AvgIpc) is 2.91. The van der Waals surface area contributed by atoms with Gasteiger partial charge in [0.15, 0.2) is 0 Å². The zero-order valence-electron chi connectivity index (χ0n) is 11.0. The SMILES string of the molecule is NCC(NCCC1=CCCC1)c1ccc(Cl)c(F)c1. The second-order valence-electron chi connectivity index (χ2n) is 4.92. The molecule has 0 aromatic heterocycles. The lowest BCUT2D eigenvalue weighted by Gasteiger charge is -2.18. The molecule has 0 saturated carbocycles. The molecule has 1 aromatic rings. The number of nitrogens with two attached hydrogens (primary N) is 1. The van der Waals surface area contributed by atoms with E-state index in [2.05, 4.69) is 11.4 Å². The monoisotopic (exact) mass is 282 g/mol. The van der Waals surface area contributed by atoms with Gasteiger partial charge >= 0.3 is 0 Å². The standard InChI is InChI=1S/C15H20ClFN2/c16-13-6-5-12(9-14(13)17)15(10-18)19-8-7-11-3-1-2-4-11/h3,5-6,9,15,19H,1-2,4,7-8,10,18H2. The highest BCUT2D eigenvalue weighted by Crippen LogP contribution is 2.22. The van der Waals surface area contributed by atoms with Crippen molar-refractivity contribution in [3.05, 3.63) is 46.3 Å². The van der Waals surface area contributed by atoms with Crippen LogP contribution in [0, 0.1) is 5.82 Å². The number of hydrogen-bond donors (Lipinski definition) is 2. The maximum atomic E-state index is 13.4. The smallest absolute Gasteiger partial charge is 0.142 e. The van der Waals surface area contributed by atoms with Crippen molar-refractivity contribution in [1.29, 1.82) is 0 Å². The molecule has 104 valence electrons. The second kappa shape index (κ2) is 7.04. The third kappa shape index (κ3) is 4.03. The van der Waals surface area contributed by atoms with Gasteiger partial charge in [0.1, 0.15) is 5.82 Å². The number of allylic oxidation sites excluding steroid dienone is 1. The molecule has 0 saturated heterocycles. The fourth-order valence-electron chi connectivity index (χ4n) is 2.44. The van der Waals surface area contributed by atoms with E-state index in [1.807, 2.05) is 6.07 Å². The normalized spacial score (nSPS) is 16.5. The van der Waals surface area contributed by atoms with Crippen molar-refractivity contribution < 1.29 is 4.39 Å². The molecule has 1 aliphatic carbocycles. The van der Waals surface area contributed by atoms with Gasteiger partial charge in [-0.1, -0.05) is 29.3 Å². The fourth-order valence-corrected chi connectivity index (χ4v) is 2.56. The Balaban J connectivity index is 1.89. The van der Waals surface area contributed by atoms with E-state index >= 15 is 0 Å². The van der Waals surface area contributed by atoms with Crippen LogP contribution in [0.4, 0.5) is 4.39 Å². The van der Waals surface area contributed by atoms with Gasteiger partial charge in [-0.05, 0) is 49.9 Å². The Hall–Kier alpha value is -0.900. The van der Waals surface area contributed by atoms with Crippen molar-refractivity contribution in [3.8, 4) is 0 Å². The summed E-state index contributed by atoms with van der Waals surface area (Å²) in [5.41, 5.74) is 8.13. The summed E-state index contributed by atoms with van der Waals surface area (Å²) in [5.74, 6) is -0.391. The maximum Gasteiger partial charge on any atom is 0.142 e. The van der Waals surface area contributed by atoms with Crippen LogP contribution in [0.1, 0.15) is 37.3 Å². The van der Waals surface area contributed by atoms with E-state index < -0.39 is 5.82 Å². The maximum absolute atomic E-state index is 13.4. The molecule has 0 fully saturated rings. The lowest BCUT2D eigenvalue weighted by atomic mass is 10.1. The van der Waals surface area contributed by atoms with Gasteiger partial charge in [-0.25, -0.2) is 4.39 Å². The van der Waals surface area contributed by atoms with Crippen LogP contribution in [0.15, 0.2) is 29.8 Å². The Kier molecular flexibility index (Phi) is 5.37. The molecule has 1 unspecified atom stereocenters. The number of nitrogens with one attached hydrogen (secondary N) is 1. The van der Waals surface area contributed by atoms with E-state index in [0.717, 1.165) is 18.5 Å². The van der Waals surface area contributed by atoms with Crippen molar-refractivity contribution in [2.45, 2.75) is 31.7 Å². The Labute approximate surface area is 118 Å². The number of hydrogen-bond acceptors (Lipinski definition) is 2. The van der Waals surface area contributed by atoms with Crippen molar-refractivity contribution >= 4 is 11.6 Å². The highest BCUT2D eigenvalue weighted by molar-refractivity contribution is 6.30. The van der Waals surface area contributed by atoms with Gasteiger partial charge in [-0.15, -0.1) is 0 Å². The predicted octanol–water partition coefficient (Wildman–Crippen LogP) is 3.57. The molecule has 0 bridgehead atoms. The van der Waals surface area contributed by atoms with Crippen LogP contribution in [0.3, 0.4) is 0 Å². The molecule has 3 N–H and O–H groups in total. The van der Waals surface area contributed by atoms with E-state index in [9.17, 15) is 4.39 Å². The third-order valence-electron chi connectivity index (χ3n) is 3.55. The van der Waals surface area contributed by atoms with Gasteiger partial charge in [0.05, 0.1) is 5.02 Å². The molecule has 19 heavy (non-hydrogen) atoms. The number of rotatable bonds is 6. The van der Waals surface area contributed by atoms with Crippen molar-refractivity contribution in [2.75, 3.05) is 13.1 Å². The number of halogens is 2. The van der Waals surface area contributed by atoms with Gasteiger partial charge in [0.2, 0.25) is 0 Å². The molecule has 0 heterocycles. The summed E-state index contributed by atoms with van der Waals surface area (Å²) in [6.07, 6.45) is 7.06. The first kappa shape index (κ1) is 14.5.